The smallest absolute Gasteiger partial charge is 0.419 e. The van der Waals surface area contributed by atoms with Crippen LogP contribution in [0.15, 0.2) is 52.7 Å². The van der Waals surface area contributed by atoms with Gasteiger partial charge in [-0.1, -0.05) is 24.3 Å². The Balaban J connectivity index is 2.76. The molecule has 2 aromatic carbocycles. The van der Waals surface area contributed by atoms with E-state index in [1.165, 1.54) is 24.8 Å². The number of amides is 2. The normalized spacial score (nSPS) is 11.1. The van der Waals surface area contributed by atoms with Crippen molar-refractivity contribution in [2.75, 3.05) is 30.6 Å². The summed E-state index contributed by atoms with van der Waals surface area (Å²) < 4.78 is 15.3. The molecule has 2 rings (SSSR count). The number of carbonyl (C=O) groups excluding carboxylic acids is 4. The van der Waals surface area contributed by atoms with E-state index in [4.69, 9.17) is 25.8 Å². The topological polar surface area (TPSA) is 136 Å². The molecule has 12 heteroatoms. The molecule has 0 bridgehead atoms. The van der Waals surface area contributed by atoms with Crippen LogP contribution in [-0.4, -0.2) is 55.3 Å². The Labute approximate surface area is 226 Å². The van der Waals surface area contributed by atoms with E-state index in [2.05, 4.69) is 15.5 Å². The lowest BCUT2D eigenvalue weighted by atomic mass is 10.1. The van der Waals surface area contributed by atoms with Gasteiger partial charge in [0.2, 0.25) is 5.91 Å². The van der Waals surface area contributed by atoms with Gasteiger partial charge in [0.1, 0.15) is 11.6 Å². The zero-order valence-corrected chi connectivity index (χ0v) is 22.7. The maximum atomic E-state index is 13.1. The largest absolute Gasteiger partial charge is 0.462 e. The van der Waals surface area contributed by atoms with Gasteiger partial charge in [-0.15, -0.1) is 16.7 Å². The second-order valence-electron chi connectivity index (χ2n) is 7.78. The average Bonchev–Trinajstić information content (AvgIpc) is 2.90. The molecule has 0 aliphatic heterocycles. The van der Waals surface area contributed by atoms with Crippen LogP contribution in [-0.2, 0) is 28.6 Å². The third-order valence-electron chi connectivity index (χ3n) is 5.28. The Morgan fingerprint density at radius 2 is 1.45 bits per heavy atom. The van der Waals surface area contributed by atoms with E-state index in [9.17, 15) is 19.2 Å². The third-order valence-corrected chi connectivity index (χ3v) is 5.52. The summed E-state index contributed by atoms with van der Waals surface area (Å²) in [4.78, 5) is 52.6. The molecule has 0 radical (unpaired) electrons. The average molecular weight is 547 g/mol. The number of hydrogen-bond acceptors (Lipinski definition) is 9. The van der Waals surface area contributed by atoms with E-state index in [1.54, 1.807) is 37.3 Å². The van der Waals surface area contributed by atoms with Gasteiger partial charge in [-0.25, -0.2) is 19.3 Å². The Morgan fingerprint density at radius 1 is 0.868 bits per heavy atom. The number of rotatable bonds is 11. The number of azo groups is 1. The summed E-state index contributed by atoms with van der Waals surface area (Å²) in [6.07, 6.45) is -0.679. The fourth-order valence-electron chi connectivity index (χ4n) is 3.36. The molecule has 11 nitrogen and oxygen atoms in total. The van der Waals surface area contributed by atoms with Gasteiger partial charge in [0, 0.05) is 0 Å². The van der Waals surface area contributed by atoms with Crippen LogP contribution in [0.25, 0.3) is 0 Å². The number of aryl methyl sites for hydroxylation is 1. The monoisotopic (exact) mass is 546 g/mol. The first kappa shape index (κ1) is 30.2. The van der Waals surface area contributed by atoms with Crippen LogP contribution in [0.4, 0.5) is 21.9 Å². The third kappa shape index (κ3) is 6.86. The summed E-state index contributed by atoms with van der Waals surface area (Å²) in [6.45, 7) is 8.35. The summed E-state index contributed by atoms with van der Waals surface area (Å²) in [7, 11) is 0. The van der Waals surface area contributed by atoms with Gasteiger partial charge >= 0.3 is 23.7 Å². The number of nitrogens with one attached hydrogen (secondary N) is 1. The van der Waals surface area contributed by atoms with Crippen molar-refractivity contribution in [2.45, 2.75) is 40.3 Å². The number of esters is 2. The molecule has 2 amide bonds. The van der Waals surface area contributed by atoms with Crippen molar-refractivity contribution in [1.82, 2.24) is 5.32 Å². The van der Waals surface area contributed by atoms with Crippen LogP contribution in [0.5, 0.6) is 0 Å². The van der Waals surface area contributed by atoms with Gasteiger partial charge in [0.05, 0.1) is 31.2 Å². The molecule has 0 atom stereocenters. The number of ether oxygens (including phenoxy) is 3. The van der Waals surface area contributed by atoms with Crippen LogP contribution in [0, 0.1) is 13.8 Å². The van der Waals surface area contributed by atoms with Gasteiger partial charge < -0.3 is 19.5 Å². The van der Waals surface area contributed by atoms with Crippen LogP contribution in [0.3, 0.4) is 0 Å². The second-order valence-corrected chi connectivity index (χ2v) is 8.04. The lowest BCUT2D eigenvalue weighted by Gasteiger charge is -2.26. The summed E-state index contributed by atoms with van der Waals surface area (Å²) in [5, 5.41) is 10.2. The molecular formula is C26H31ClN4O7. The standard InChI is InChI=1S/C26H31ClN4O7/c1-6-36-23(33)26(24(34)37-7-2,28-22(32)16-27)30-29-19-13-9-10-14-21(19)31(25(35)38-8-3)20-15-11-12-17(4)18(20)5/h9-15H,6-8,16H2,1-5H3,(H,28,32)/b30-29+. The molecule has 204 valence electrons. The highest BCUT2D eigenvalue weighted by Gasteiger charge is 2.52. The molecule has 0 aliphatic carbocycles. The quantitative estimate of drug-likeness (QED) is 0.140. The first-order chi connectivity index (χ1) is 18.2. The maximum Gasteiger partial charge on any atom is 0.419 e. The Bertz CT molecular complexity index is 1180. The van der Waals surface area contributed by atoms with Gasteiger partial charge in [-0.2, -0.15) is 5.11 Å². The van der Waals surface area contributed by atoms with Crippen molar-refractivity contribution in [3.05, 3.63) is 53.6 Å². The van der Waals surface area contributed by atoms with E-state index < -0.39 is 35.5 Å². The first-order valence-corrected chi connectivity index (χ1v) is 12.5. The van der Waals surface area contributed by atoms with Gasteiger partial charge in [0.25, 0.3) is 0 Å². The van der Waals surface area contributed by atoms with Gasteiger partial charge in [-0.05, 0) is 63.9 Å². The molecule has 0 aromatic heterocycles. The van der Waals surface area contributed by atoms with Crippen LogP contribution >= 0.6 is 11.6 Å². The number of nitrogens with zero attached hydrogens (tertiary/aromatic N) is 3. The van der Waals surface area contributed by atoms with Crippen molar-refractivity contribution >= 4 is 52.6 Å². The minimum Gasteiger partial charge on any atom is -0.462 e. The fourth-order valence-corrected chi connectivity index (χ4v) is 3.42. The van der Waals surface area contributed by atoms with E-state index >= 15 is 0 Å². The molecule has 1 N–H and O–H groups in total. The summed E-state index contributed by atoms with van der Waals surface area (Å²) >= 11 is 5.62. The molecule has 0 saturated carbocycles. The highest BCUT2D eigenvalue weighted by atomic mass is 35.5. The van der Waals surface area contributed by atoms with Crippen LogP contribution in [0.1, 0.15) is 31.9 Å². The summed E-state index contributed by atoms with van der Waals surface area (Å²) in [5.41, 5.74) is -0.0618. The SMILES string of the molecule is CCOC(=O)N(c1ccccc1/N=N/C(NC(=O)CCl)(C(=O)OCC)C(=O)OCC)c1cccc(C)c1C. The molecule has 0 saturated heterocycles. The van der Waals surface area contributed by atoms with Gasteiger partial charge in [0.15, 0.2) is 0 Å². The molecule has 0 aliphatic rings. The number of halogens is 1. The zero-order valence-electron chi connectivity index (χ0n) is 21.9. The number of benzene rings is 2. The maximum absolute atomic E-state index is 13.1. The van der Waals surface area contributed by atoms with Crippen molar-refractivity contribution < 1.29 is 33.4 Å². The Hall–Kier alpha value is -3.99. The lowest BCUT2D eigenvalue weighted by Crippen LogP contribution is -2.60. The predicted molar refractivity (Wildman–Crippen MR) is 141 cm³/mol. The van der Waals surface area contributed by atoms with Crippen molar-refractivity contribution in [3.63, 3.8) is 0 Å². The van der Waals surface area contributed by atoms with Gasteiger partial charge in [-0.3, -0.25) is 4.79 Å². The van der Waals surface area contributed by atoms with Crippen molar-refractivity contribution in [1.29, 1.82) is 0 Å². The predicted octanol–water partition coefficient (Wildman–Crippen LogP) is 4.86. The number of alkyl halides is 1. The van der Waals surface area contributed by atoms with E-state index in [0.29, 0.717) is 5.69 Å². The molecule has 0 fully saturated rings. The summed E-state index contributed by atoms with van der Waals surface area (Å²) in [6, 6.07) is 11.8. The highest BCUT2D eigenvalue weighted by Crippen LogP contribution is 2.37. The molecular weight excluding hydrogens is 516 g/mol. The number of hydrogen-bond donors (Lipinski definition) is 1. The number of anilines is 2. The molecule has 0 spiro atoms. The van der Waals surface area contributed by atoms with E-state index in [-0.39, 0.29) is 31.2 Å². The lowest BCUT2D eigenvalue weighted by molar-refractivity contribution is -0.167. The molecule has 0 unspecified atom stereocenters. The first-order valence-electron chi connectivity index (χ1n) is 11.9. The number of carbonyl (C=O) groups is 4. The zero-order chi connectivity index (χ0) is 28.3. The van der Waals surface area contributed by atoms with Crippen LogP contribution < -0.4 is 10.2 Å². The van der Waals surface area contributed by atoms with Crippen LogP contribution in [0.2, 0.25) is 0 Å². The highest BCUT2D eigenvalue weighted by molar-refractivity contribution is 6.28. The molecule has 0 heterocycles. The van der Waals surface area contributed by atoms with E-state index in [1.807, 2.05) is 19.9 Å². The second kappa shape index (κ2) is 14.1. The fraction of sp³-hybridized carbons (Fsp3) is 0.385. The van der Waals surface area contributed by atoms with E-state index in [0.717, 1.165) is 11.1 Å². The summed E-state index contributed by atoms with van der Waals surface area (Å²) in [5.74, 6) is -3.89. The Morgan fingerprint density at radius 3 is 2.03 bits per heavy atom. The van der Waals surface area contributed by atoms with Crippen molar-refractivity contribution in [3.8, 4) is 0 Å². The molecule has 2 aromatic rings. The minimum absolute atomic E-state index is 0.0829. The van der Waals surface area contributed by atoms with Crippen molar-refractivity contribution in [2.24, 2.45) is 10.2 Å². The molecule has 38 heavy (non-hydrogen) atoms. The number of para-hydroxylation sites is 1. The minimum atomic E-state index is -2.67. The Kier molecular flexibility index (Phi) is 11.2.